The van der Waals surface area contributed by atoms with Crippen molar-refractivity contribution in [1.29, 1.82) is 0 Å². The first-order chi connectivity index (χ1) is 14.3. The minimum atomic E-state index is -0.232. The Bertz CT molecular complexity index is 1120. The fraction of sp³-hybridized carbons (Fsp3) is 0.200. The SMILES string of the molecule is O=C(c1cccc(-n2cnnc2)c1)N1CCCC1c1nc(-c2ccncc2)no1. The monoisotopic (exact) mass is 387 g/mol. The summed E-state index contributed by atoms with van der Waals surface area (Å²) in [5, 5.41) is 11.7. The van der Waals surface area contributed by atoms with E-state index in [4.69, 9.17) is 4.52 Å². The molecule has 144 valence electrons. The number of amides is 1. The summed E-state index contributed by atoms with van der Waals surface area (Å²) >= 11 is 0. The summed E-state index contributed by atoms with van der Waals surface area (Å²) in [6.07, 6.45) is 8.23. The number of nitrogens with zero attached hydrogens (tertiary/aromatic N) is 7. The molecule has 3 aromatic heterocycles. The third-order valence-electron chi connectivity index (χ3n) is 4.99. The molecule has 9 nitrogen and oxygen atoms in total. The second-order valence-electron chi connectivity index (χ2n) is 6.77. The van der Waals surface area contributed by atoms with Crippen LogP contribution in [0.1, 0.15) is 35.1 Å². The third-order valence-corrected chi connectivity index (χ3v) is 4.99. The van der Waals surface area contributed by atoms with Crippen LogP contribution in [0.15, 0.2) is 66.0 Å². The van der Waals surface area contributed by atoms with Crippen molar-refractivity contribution in [3.05, 3.63) is 72.9 Å². The minimum Gasteiger partial charge on any atom is -0.337 e. The lowest BCUT2D eigenvalue weighted by Crippen LogP contribution is -2.30. The number of aromatic nitrogens is 6. The maximum absolute atomic E-state index is 13.2. The zero-order valence-electron chi connectivity index (χ0n) is 15.4. The van der Waals surface area contributed by atoms with Gasteiger partial charge in [-0.2, -0.15) is 4.98 Å². The number of pyridine rings is 1. The van der Waals surface area contributed by atoms with E-state index in [2.05, 4.69) is 25.3 Å². The number of benzene rings is 1. The Balaban J connectivity index is 1.41. The van der Waals surface area contributed by atoms with Gasteiger partial charge in [0.05, 0.1) is 0 Å². The number of likely N-dealkylation sites (tertiary alicyclic amines) is 1. The normalized spacial score (nSPS) is 16.3. The molecule has 0 saturated carbocycles. The quantitative estimate of drug-likeness (QED) is 0.530. The van der Waals surface area contributed by atoms with Gasteiger partial charge in [0.1, 0.15) is 18.7 Å². The molecule has 0 N–H and O–H groups in total. The maximum atomic E-state index is 13.2. The lowest BCUT2D eigenvalue weighted by Gasteiger charge is -2.22. The Morgan fingerprint density at radius 3 is 2.76 bits per heavy atom. The molecule has 0 radical (unpaired) electrons. The van der Waals surface area contributed by atoms with Gasteiger partial charge in [0, 0.05) is 35.8 Å². The first kappa shape index (κ1) is 17.2. The molecule has 4 heterocycles. The van der Waals surface area contributed by atoms with Crippen LogP contribution in [-0.4, -0.2) is 47.2 Å². The molecule has 29 heavy (non-hydrogen) atoms. The first-order valence-corrected chi connectivity index (χ1v) is 9.29. The minimum absolute atomic E-state index is 0.0638. The molecule has 0 aliphatic carbocycles. The molecule has 1 fully saturated rings. The van der Waals surface area contributed by atoms with Gasteiger partial charge in [-0.3, -0.25) is 14.3 Å². The van der Waals surface area contributed by atoms with Crippen LogP contribution in [0.3, 0.4) is 0 Å². The fourth-order valence-electron chi connectivity index (χ4n) is 3.55. The van der Waals surface area contributed by atoms with Gasteiger partial charge in [-0.1, -0.05) is 11.2 Å². The number of hydrogen-bond acceptors (Lipinski definition) is 7. The van der Waals surface area contributed by atoms with Crippen molar-refractivity contribution < 1.29 is 9.32 Å². The van der Waals surface area contributed by atoms with Crippen LogP contribution >= 0.6 is 0 Å². The van der Waals surface area contributed by atoms with Gasteiger partial charge >= 0.3 is 0 Å². The molecule has 1 amide bonds. The smallest absolute Gasteiger partial charge is 0.254 e. The zero-order chi connectivity index (χ0) is 19.6. The summed E-state index contributed by atoms with van der Waals surface area (Å²) in [6.45, 7) is 0.646. The Kier molecular flexibility index (Phi) is 4.32. The Morgan fingerprint density at radius 1 is 1.10 bits per heavy atom. The van der Waals surface area contributed by atoms with Gasteiger partial charge < -0.3 is 9.42 Å². The van der Waals surface area contributed by atoms with Crippen LogP contribution in [0.25, 0.3) is 17.1 Å². The van der Waals surface area contributed by atoms with E-state index in [1.54, 1.807) is 34.5 Å². The fourth-order valence-corrected chi connectivity index (χ4v) is 3.55. The Morgan fingerprint density at radius 2 is 1.93 bits per heavy atom. The number of carbonyl (C=O) groups excluding carboxylic acids is 1. The van der Waals surface area contributed by atoms with Gasteiger partial charge in [-0.15, -0.1) is 10.2 Å². The first-order valence-electron chi connectivity index (χ1n) is 9.29. The molecule has 0 bridgehead atoms. The molecular weight excluding hydrogens is 370 g/mol. The average Bonchev–Trinajstić information content (AvgIpc) is 3.55. The van der Waals surface area contributed by atoms with Gasteiger partial charge in [0.2, 0.25) is 11.7 Å². The van der Waals surface area contributed by atoms with E-state index in [0.717, 1.165) is 24.1 Å². The van der Waals surface area contributed by atoms with E-state index < -0.39 is 0 Å². The predicted molar refractivity (Wildman–Crippen MR) is 102 cm³/mol. The summed E-state index contributed by atoms with van der Waals surface area (Å²) in [7, 11) is 0. The van der Waals surface area contributed by atoms with Crippen molar-refractivity contribution in [3.8, 4) is 17.1 Å². The molecule has 1 atom stereocenters. The van der Waals surface area contributed by atoms with Gasteiger partial charge in [0.25, 0.3) is 5.91 Å². The maximum Gasteiger partial charge on any atom is 0.254 e. The topological polar surface area (TPSA) is 103 Å². The third kappa shape index (κ3) is 3.27. The van der Waals surface area contributed by atoms with Crippen molar-refractivity contribution in [1.82, 2.24) is 34.8 Å². The van der Waals surface area contributed by atoms with Crippen molar-refractivity contribution in [2.75, 3.05) is 6.54 Å². The van der Waals surface area contributed by atoms with Gasteiger partial charge in [0.15, 0.2) is 0 Å². The highest BCUT2D eigenvalue weighted by Gasteiger charge is 2.34. The molecule has 4 aromatic rings. The Labute approximate surface area is 166 Å². The van der Waals surface area contributed by atoms with Crippen LogP contribution in [0.2, 0.25) is 0 Å². The molecule has 1 saturated heterocycles. The second-order valence-corrected chi connectivity index (χ2v) is 6.77. The highest BCUT2D eigenvalue weighted by Crippen LogP contribution is 2.33. The van der Waals surface area contributed by atoms with Gasteiger partial charge in [-0.05, 0) is 43.2 Å². The predicted octanol–water partition coefficient (Wildman–Crippen LogP) is 2.69. The lowest BCUT2D eigenvalue weighted by molar-refractivity contribution is 0.0710. The van der Waals surface area contributed by atoms with Crippen LogP contribution in [0, 0.1) is 0 Å². The van der Waals surface area contributed by atoms with Crippen molar-refractivity contribution in [2.45, 2.75) is 18.9 Å². The summed E-state index contributed by atoms with van der Waals surface area (Å²) in [6, 6.07) is 10.8. The summed E-state index contributed by atoms with van der Waals surface area (Å²) in [5.41, 5.74) is 2.25. The second kappa shape index (κ2) is 7.27. The zero-order valence-corrected chi connectivity index (χ0v) is 15.4. The Hall–Kier alpha value is -3.88. The number of hydrogen-bond donors (Lipinski definition) is 0. The van der Waals surface area contributed by atoms with E-state index in [1.165, 1.54) is 0 Å². The standard InChI is InChI=1S/C20H17N7O2/c28-20(15-3-1-4-16(11-15)26-12-22-23-13-26)27-10-2-5-17(27)19-24-18(25-29-19)14-6-8-21-9-7-14/h1,3-4,6-9,11-13,17H,2,5,10H2. The molecule has 1 aromatic carbocycles. The summed E-state index contributed by atoms with van der Waals surface area (Å²) in [5.74, 6) is 0.889. The molecular formula is C20H17N7O2. The molecule has 1 unspecified atom stereocenters. The van der Waals surface area contributed by atoms with Crippen molar-refractivity contribution in [2.24, 2.45) is 0 Å². The van der Waals surface area contributed by atoms with Crippen LogP contribution < -0.4 is 0 Å². The molecule has 1 aliphatic heterocycles. The largest absolute Gasteiger partial charge is 0.337 e. The van der Waals surface area contributed by atoms with Crippen molar-refractivity contribution in [3.63, 3.8) is 0 Å². The van der Waals surface area contributed by atoms with Crippen LogP contribution in [-0.2, 0) is 0 Å². The van der Waals surface area contributed by atoms with E-state index in [-0.39, 0.29) is 11.9 Å². The van der Waals surface area contributed by atoms with Crippen LogP contribution in [0.4, 0.5) is 0 Å². The van der Waals surface area contributed by atoms with E-state index in [0.29, 0.717) is 23.8 Å². The molecule has 1 aliphatic rings. The number of carbonyl (C=O) groups is 1. The van der Waals surface area contributed by atoms with E-state index >= 15 is 0 Å². The van der Waals surface area contributed by atoms with Gasteiger partial charge in [-0.25, -0.2) is 0 Å². The summed E-state index contributed by atoms with van der Waals surface area (Å²) < 4.78 is 7.27. The molecule has 0 spiro atoms. The average molecular weight is 387 g/mol. The van der Waals surface area contributed by atoms with E-state index in [1.807, 2.05) is 36.4 Å². The number of rotatable bonds is 4. The lowest BCUT2D eigenvalue weighted by atomic mass is 10.1. The van der Waals surface area contributed by atoms with Crippen molar-refractivity contribution >= 4 is 5.91 Å². The molecule has 9 heteroatoms. The summed E-state index contributed by atoms with van der Waals surface area (Å²) in [4.78, 5) is 23.5. The van der Waals surface area contributed by atoms with E-state index in [9.17, 15) is 4.79 Å². The highest BCUT2D eigenvalue weighted by molar-refractivity contribution is 5.95. The molecule has 5 rings (SSSR count). The highest BCUT2D eigenvalue weighted by atomic mass is 16.5. The van der Waals surface area contributed by atoms with Crippen LogP contribution in [0.5, 0.6) is 0 Å².